The zero-order chi connectivity index (χ0) is 24.2. The first-order valence-electron chi connectivity index (χ1n) is 11.7. The zero-order valence-corrected chi connectivity index (χ0v) is 19.9. The second kappa shape index (κ2) is 10.2. The molecular formula is C27H26ClN5O2. The monoisotopic (exact) mass is 487 g/mol. The number of para-hydroxylation sites is 1. The third-order valence-corrected chi connectivity index (χ3v) is 6.54. The zero-order valence-electron chi connectivity index (χ0n) is 19.2. The molecule has 178 valence electrons. The minimum Gasteiger partial charge on any atom is -0.352 e. The van der Waals surface area contributed by atoms with Gasteiger partial charge in [0.05, 0.1) is 17.8 Å². The van der Waals surface area contributed by atoms with E-state index in [0.29, 0.717) is 36.0 Å². The van der Waals surface area contributed by atoms with Gasteiger partial charge in [0, 0.05) is 37.1 Å². The molecule has 5 rings (SSSR count). The molecule has 0 saturated carbocycles. The summed E-state index contributed by atoms with van der Waals surface area (Å²) in [7, 11) is 0. The molecule has 0 radical (unpaired) electrons. The molecule has 35 heavy (non-hydrogen) atoms. The van der Waals surface area contributed by atoms with Gasteiger partial charge in [-0.15, -0.1) is 0 Å². The molecule has 1 N–H and O–H groups in total. The van der Waals surface area contributed by atoms with Gasteiger partial charge in [0.25, 0.3) is 5.91 Å². The van der Waals surface area contributed by atoms with Gasteiger partial charge in [0.15, 0.2) is 5.82 Å². The third kappa shape index (κ3) is 5.00. The van der Waals surface area contributed by atoms with Gasteiger partial charge >= 0.3 is 0 Å². The van der Waals surface area contributed by atoms with E-state index in [0.717, 1.165) is 24.1 Å². The van der Waals surface area contributed by atoms with Gasteiger partial charge in [-0.2, -0.15) is 5.10 Å². The van der Waals surface area contributed by atoms with E-state index in [1.807, 2.05) is 83.7 Å². The minimum atomic E-state index is -0.251. The number of likely N-dealkylation sites (tertiary alicyclic amines) is 1. The summed E-state index contributed by atoms with van der Waals surface area (Å²) in [6.45, 7) is 1.43. The van der Waals surface area contributed by atoms with Crippen LogP contribution in [0.1, 0.15) is 28.8 Å². The Hall–Kier alpha value is -3.84. The quantitative estimate of drug-likeness (QED) is 0.435. The summed E-state index contributed by atoms with van der Waals surface area (Å²) in [5.41, 5.74) is 2.36. The van der Waals surface area contributed by atoms with Crippen LogP contribution in [0.2, 0.25) is 5.02 Å². The predicted octanol–water partition coefficient (Wildman–Crippen LogP) is 4.49. The third-order valence-electron chi connectivity index (χ3n) is 6.28. The van der Waals surface area contributed by atoms with E-state index >= 15 is 0 Å². The van der Waals surface area contributed by atoms with Gasteiger partial charge in [-0.25, -0.2) is 4.68 Å². The van der Waals surface area contributed by atoms with Crippen molar-refractivity contribution in [2.75, 3.05) is 13.1 Å². The molecule has 2 amide bonds. The maximum Gasteiger partial charge on any atom is 0.259 e. The number of carbonyl (C=O) groups excluding carboxylic acids is 2. The van der Waals surface area contributed by atoms with Crippen LogP contribution in [-0.4, -0.2) is 44.2 Å². The van der Waals surface area contributed by atoms with Crippen molar-refractivity contribution >= 4 is 23.4 Å². The van der Waals surface area contributed by atoms with Crippen molar-refractivity contribution in [3.63, 3.8) is 0 Å². The van der Waals surface area contributed by atoms with Gasteiger partial charge in [0.2, 0.25) is 5.91 Å². The van der Waals surface area contributed by atoms with Crippen LogP contribution in [0.3, 0.4) is 0 Å². The largest absolute Gasteiger partial charge is 0.352 e. The number of hydrogen-bond acceptors (Lipinski definition) is 3. The van der Waals surface area contributed by atoms with E-state index in [2.05, 4.69) is 10.4 Å². The first kappa shape index (κ1) is 22.9. The van der Waals surface area contributed by atoms with Crippen molar-refractivity contribution in [1.29, 1.82) is 0 Å². The number of benzene rings is 2. The Morgan fingerprint density at radius 2 is 1.74 bits per heavy atom. The molecule has 0 bridgehead atoms. The van der Waals surface area contributed by atoms with Gasteiger partial charge in [-0.3, -0.25) is 9.59 Å². The Balaban J connectivity index is 1.33. The van der Waals surface area contributed by atoms with E-state index < -0.39 is 0 Å². The lowest BCUT2D eigenvalue weighted by molar-refractivity contribution is -0.126. The first-order chi connectivity index (χ1) is 17.1. The summed E-state index contributed by atoms with van der Waals surface area (Å²) < 4.78 is 3.67. The second-order valence-corrected chi connectivity index (χ2v) is 9.09. The summed E-state index contributed by atoms with van der Waals surface area (Å²) in [6, 6.07) is 21.0. The van der Waals surface area contributed by atoms with Crippen LogP contribution in [0.5, 0.6) is 0 Å². The number of piperidine rings is 1. The lowest BCUT2D eigenvalue weighted by Gasteiger charge is -2.32. The smallest absolute Gasteiger partial charge is 0.259 e. The molecule has 8 heteroatoms. The number of nitrogens with one attached hydrogen (secondary N) is 1. The molecule has 0 unspecified atom stereocenters. The fourth-order valence-corrected chi connectivity index (χ4v) is 4.58. The average Bonchev–Trinajstić information content (AvgIpc) is 3.58. The summed E-state index contributed by atoms with van der Waals surface area (Å²) >= 11 is 5.94. The molecular weight excluding hydrogens is 462 g/mol. The highest BCUT2D eigenvalue weighted by atomic mass is 35.5. The topological polar surface area (TPSA) is 72.2 Å². The second-order valence-electron chi connectivity index (χ2n) is 8.65. The maximum absolute atomic E-state index is 13.7. The first-order valence-corrected chi connectivity index (χ1v) is 12.1. The van der Waals surface area contributed by atoms with Gasteiger partial charge in [-0.05, 0) is 54.8 Å². The van der Waals surface area contributed by atoms with E-state index in [-0.39, 0.29) is 17.7 Å². The highest BCUT2D eigenvalue weighted by Crippen LogP contribution is 2.24. The maximum atomic E-state index is 13.7. The molecule has 0 spiro atoms. The average molecular weight is 488 g/mol. The molecule has 3 heterocycles. The number of halogens is 1. The number of hydrogen-bond donors (Lipinski definition) is 1. The summed E-state index contributed by atoms with van der Waals surface area (Å²) in [5, 5.41) is 8.21. The van der Waals surface area contributed by atoms with Crippen molar-refractivity contribution in [3.05, 3.63) is 101 Å². The fraction of sp³-hybridized carbons (Fsp3) is 0.222. The Morgan fingerprint density at radius 1 is 1.00 bits per heavy atom. The lowest BCUT2D eigenvalue weighted by Crippen LogP contribution is -2.45. The Labute approximate surface area is 208 Å². The Bertz CT molecular complexity index is 1300. The van der Waals surface area contributed by atoms with Crippen LogP contribution >= 0.6 is 11.6 Å². The van der Waals surface area contributed by atoms with E-state index in [9.17, 15) is 9.59 Å². The standard InChI is InChI=1S/C27H26ClN5O2/c28-22-12-10-20(11-13-22)17-29-25(34)21-7-6-16-32(19-21)27(35)24-18-30-33(23-8-2-1-3-9-23)26(24)31-14-4-5-15-31/h1-5,8-15,18,21H,6-7,16-17,19H2,(H,29,34)/t21-/m0/s1. The highest BCUT2D eigenvalue weighted by molar-refractivity contribution is 6.30. The molecule has 1 aliphatic heterocycles. The number of nitrogens with zero attached hydrogens (tertiary/aromatic N) is 4. The van der Waals surface area contributed by atoms with Crippen LogP contribution in [0.25, 0.3) is 11.5 Å². The van der Waals surface area contributed by atoms with Crippen molar-refractivity contribution in [2.24, 2.45) is 5.92 Å². The summed E-state index contributed by atoms with van der Waals surface area (Å²) in [6.07, 6.45) is 6.95. The lowest BCUT2D eigenvalue weighted by atomic mass is 9.96. The minimum absolute atomic E-state index is 0.0388. The molecule has 0 aliphatic carbocycles. The molecule has 1 fully saturated rings. The Kier molecular flexibility index (Phi) is 6.68. The summed E-state index contributed by atoms with van der Waals surface area (Å²) in [4.78, 5) is 28.3. The molecule has 1 atom stereocenters. The van der Waals surface area contributed by atoms with Crippen molar-refractivity contribution in [1.82, 2.24) is 24.6 Å². The number of carbonyl (C=O) groups is 2. The molecule has 4 aromatic rings. The van der Waals surface area contributed by atoms with Gasteiger partial charge < -0.3 is 14.8 Å². The van der Waals surface area contributed by atoms with Crippen LogP contribution in [0.4, 0.5) is 0 Å². The van der Waals surface area contributed by atoms with Crippen LogP contribution < -0.4 is 5.32 Å². The highest BCUT2D eigenvalue weighted by Gasteiger charge is 2.31. The Morgan fingerprint density at radius 3 is 2.49 bits per heavy atom. The molecule has 2 aromatic carbocycles. The van der Waals surface area contributed by atoms with Crippen molar-refractivity contribution in [3.8, 4) is 11.5 Å². The predicted molar refractivity (Wildman–Crippen MR) is 135 cm³/mol. The van der Waals surface area contributed by atoms with Crippen LogP contribution in [0, 0.1) is 5.92 Å². The molecule has 1 aliphatic rings. The van der Waals surface area contributed by atoms with E-state index in [1.54, 1.807) is 15.8 Å². The van der Waals surface area contributed by atoms with Crippen molar-refractivity contribution in [2.45, 2.75) is 19.4 Å². The number of amides is 2. The van der Waals surface area contributed by atoms with Crippen LogP contribution in [-0.2, 0) is 11.3 Å². The number of rotatable bonds is 6. The van der Waals surface area contributed by atoms with Crippen molar-refractivity contribution < 1.29 is 9.59 Å². The van der Waals surface area contributed by atoms with E-state index in [4.69, 9.17) is 11.6 Å². The number of aromatic nitrogens is 3. The SMILES string of the molecule is O=C(NCc1ccc(Cl)cc1)[C@H]1CCCN(C(=O)c2cnn(-c3ccccc3)c2-n2cccc2)C1. The molecule has 2 aromatic heterocycles. The fourth-order valence-electron chi connectivity index (χ4n) is 4.46. The molecule has 7 nitrogen and oxygen atoms in total. The normalized spacial score (nSPS) is 15.7. The van der Waals surface area contributed by atoms with Gasteiger partial charge in [-0.1, -0.05) is 41.9 Å². The summed E-state index contributed by atoms with van der Waals surface area (Å²) in [5.74, 6) is 0.272. The van der Waals surface area contributed by atoms with Gasteiger partial charge in [0.1, 0.15) is 5.56 Å². The molecule has 1 saturated heterocycles. The van der Waals surface area contributed by atoms with E-state index in [1.165, 1.54) is 0 Å². The van der Waals surface area contributed by atoms with Crippen LogP contribution in [0.15, 0.2) is 85.3 Å².